The number of nitrogens with one attached hydrogen (secondary N) is 1. The number of hydrogen-bond donors (Lipinski definition) is 1. The molecule has 0 radical (unpaired) electrons. The molecule has 3 rings (SSSR count). The second-order valence-electron chi connectivity index (χ2n) is 3.33. The van der Waals surface area contributed by atoms with Gasteiger partial charge in [0.25, 0.3) is 0 Å². The molecule has 0 bridgehead atoms. The van der Waals surface area contributed by atoms with Crippen LogP contribution in [0.2, 0.25) is 0 Å². The van der Waals surface area contributed by atoms with Crippen molar-refractivity contribution in [1.82, 2.24) is 15.2 Å². The molecule has 1 N–H and O–H groups in total. The number of rotatable bonds is 1. The maximum Gasteiger partial charge on any atom is 0.248 e. The highest BCUT2D eigenvalue weighted by atomic mass is 16.4. The molecule has 0 aliphatic rings. The quantitative estimate of drug-likeness (QED) is 0.666. The van der Waals surface area contributed by atoms with Gasteiger partial charge in [-0.05, 0) is 18.2 Å². The Balaban J connectivity index is 2.38. The van der Waals surface area contributed by atoms with Crippen molar-refractivity contribution in [2.75, 3.05) is 0 Å². The van der Waals surface area contributed by atoms with Gasteiger partial charge in [-0.25, -0.2) is 0 Å². The fourth-order valence-electron chi connectivity index (χ4n) is 1.66. The van der Waals surface area contributed by atoms with Gasteiger partial charge in [-0.1, -0.05) is 6.07 Å². The number of aromatic amines is 1. The molecule has 0 aliphatic carbocycles. The van der Waals surface area contributed by atoms with Crippen LogP contribution in [0.1, 0.15) is 0 Å². The predicted octanol–water partition coefficient (Wildman–Crippen LogP) is 1.58. The number of nitrogens with zero attached hydrogens (tertiary/aromatic N) is 2. The average Bonchev–Trinajstić information content (AvgIpc) is 2.81. The molecule has 1 aromatic carbocycles. The highest BCUT2D eigenvalue weighted by Crippen LogP contribution is 2.24. The number of fused-ring (bicyclic) bond motifs is 1. The molecule has 2 aromatic heterocycles. The maximum absolute atomic E-state index is 11.2. The summed E-state index contributed by atoms with van der Waals surface area (Å²) in [6, 6.07) is 8.75. The summed E-state index contributed by atoms with van der Waals surface area (Å²) >= 11 is 0. The van der Waals surface area contributed by atoms with E-state index in [-0.39, 0.29) is 5.56 Å². The molecular weight excluding hydrogens is 206 g/mol. The molecule has 0 spiro atoms. The standard InChI is InChI=1S/C11H7N3O2/c15-10-5-4-7-8(11-14-12-6-16-11)2-1-3-9(7)13-10/h1-6H,(H,13,15). The molecule has 0 fully saturated rings. The Morgan fingerprint density at radius 2 is 2.12 bits per heavy atom. The van der Waals surface area contributed by atoms with Gasteiger partial charge in [0.2, 0.25) is 17.8 Å². The maximum atomic E-state index is 11.2. The van der Waals surface area contributed by atoms with Gasteiger partial charge in [0.05, 0.1) is 0 Å². The van der Waals surface area contributed by atoms with E-state index in [4.69, 9.17) is 4.42 Å². The summed E-state index contributed by atoms with van der Waals surface area (Å²) in [7, 11) is 0. The molecule has 2 heterocycles. The van der Waals surface area contributed by atoms with Crippen LogP contribution in [0.15, 0.2) is 45.9 Å². The van der Waals surface area contributed by atoms with Crippen molar-refractivity contribution in [2.45, 2.75) is 0 Å². The molecule has 0 saturated carbocycles. The number of pyridine rings is 1. The van der Waals surface area contributed by atoms with Crippen LogP contribution < -0.4 is 5.56 Å². The number of benzene rings is 1. The lowest BCUT2D eigenvalue weighted by atomic mass is 10.1. The van der Waals surface area contributed by atoms with Crippen LogP contribution in [-0.4, -0.2) is 15.2 Å². The summed E-state index contributed by atoms with van der Waals surface area (Å²) in [4.78, 5) is 13.9. The van der Waals surface area contributed by atoms with Gasteiger partial charge in [0.1, 0.15) is 0 Å². The zero-order valence-electron chi connectivity index (χ0n) is 8.18. The van der Waals surface area contributed by atoms with E-state index in [1.165, 1.54) is 12.5 Å². The minimum atomic E-state index is -0.129. The van der Waals surface area contributed by atoms with Crippen LogP contribution >= 0.6 is 0 Å². The Morgan fingerprint density at radius 1 is 1.19 bits per heavy atom. The molecule has 0 atom stereocenters. The Kier molecular flexibility index (Phi) is 1.83. The van der Waals surface area contributed by atoms with Gasteiger partial charge < -0.3 is 9.40 Å². The van der Waals surface area contributed by atoms with Crippen molar-refractivity contribution in [3.63, 3.8) is 0 Å². The third-order valence-electron chi connectivity index (χ3n) is 2.36. The third-order valence-corrected chi connectivity index (χ3v) is 2.36. The molecule has 5 heteroatoms. The van der Waals surface area contributed by atoms with E-state index in [0.29, 0.717) is 5.89 Å². The Bertz CT molecular complexity index is 686. The first-order chi connectivity index (χ1) is 7.84. The number of H-pyrrole nitrogens is 1. The Morgan fingerprint density at radius 3 is 2.94 bits per heavy atom. The van der Waals surface area contributed by atoms with Crippen molar-refractivity contribution in [3.05, 3.63) is 47.1 Å². The van der Waals surface area contributed by atoms with Gasteiger partial charge in [-0.2, -0.15) is 0 Å². The second kappa shape index (κ2) is 3.30. The molecule has 16 heavy (non-hydrogen) atoms. The highest BCUT2D eigenvalue weighted by molar-refractivity contribution is 5.92. The zero-order chi connectivity index (χ0) is 11.0. The second-order valence-corrected chi connectivity index (χ2v) is 3.33. The first-order valence-corrected chi connectivity index (χ1v) is 4.73. The molecule has 0 amide bonds. The van der Waals surface area contributed by atoms with Crippen LogP contribution in [0, 0.1) is 0 Å². The van der Waals surface area contributed by atoms with E-state index in [1.807, 2.05) is 18.2 Å². The van der Waals surface area contributed by atoms with Crippen LogP contribution in [0.5, 0.6) is 0 Å². The van der Waals surface area contributed by atoms with Crippen LogP contribution in [0.3, 0.4) is 0 Å². The van der Waals surface area contributed by atoms with Gasteiger partial charge in [0.15, 0.2) is 0 Å². The molecular formula is C11H7N3O2. The van der Waals surface area contributed by atoms with E-state index >= 15 is 0 Å². The monoisotopic (exact) mass is 213 g/mol. The molecule has 0 aliphatic heterocycles. The summed E-state index contributed by atoms with van der Waals surface area (Å²) in [6.45, 7) is 0. The van der Waals surface area contributed by atoms with Crippen molar-refractivity contribution in [1.29, 1.82) is 0 Å². The SMILES string of the molecule is O=c1ccc2c(-c3nnco3)cccc2[nH]1. The smallest absolute Gasteiger partial charge is 0.248 e. The highest BCUT2D eigenvalue weighted by Gasteiger charge is 2.07. The molecule has 0 saturated heterocycles. The van der Waals surface area contributed by atoms with Crippen molar-refractivity contribution >= 4 is 10.9 Å². The fourth-order valence-corrected chi connectivity index (χ4v) is 1.66. The summed E-state index contributed by atoms with van der Waals surface area (Å²) in [5.41, 5.74) is 1.43. The summed E-state index contributed by atoms with van der Waals surface area (Å²) in [5.74, 6) is 0.442. The van der Waals surface area contributed by atoms with E-state index in [1.54, 1.807) is 6.07 Å². The van der Waals surface area contributed by atoms with Gasteiger partial charge in [0, 0.05) is 22.5 Å². The Labute approximate surface area is 89.8 Å². The predicted molar refractivity (Wildman–Crippen MR) is 57.9 cm³/mol. The normalized spacial score (nSPS) is 10.8. The van der Waals surface area contributed by atoms with Crippen molar-refractivity contribution < 1.29 is 4.42 Å². The number of aromatic nitrogens is 3. The van der Waals surface area contributed by atoms with Gasteiger partial charge >= 0.3 is 0 Å². The molecule has 78 valence electrons. The molecule has 3 aromatic rings. The first kappa shape index (κ1) is 8.84. The fraction of sp³-hybridized carbons (Fsp3) is 0. The molecule has 0 unspecified atom stereocenters. The van der Waals surface area contributed by atoms with E-state index in [2.05, 4.69) is 15.2 Å². The van der Waals surface area contributed by atoms with Crippen LogP contribution in [0.4, 0.5) is 0 Å². The topological polar surface area (TPSA) is 71.8 Å². The van der Waals surface area contributed by atoms with Gasteiger partial charge in [-0.15, -0.1) is 10.2 Å². The minimum Gasteiger partial charge on any atom is -0.423 e. The Hall–Kier alpha value is -2.43. The number of hydrogen-bond acceptors (Lipinski definition) is 4. The summed E-state index contributed by atoms with van der Waals surface area (Å²) in [5, 5.41) is 8.37. The largest absolute Gasteiger partial charge is 0.423 e. The van der Waals surface area contributed by atoms with E-state index < -0.39 is 0 Å². The first-order valence-electron chi connectivity index (χ1n) is 4.73. The van der Waals surface area contributed by atoms with E-state index in [0.717, 1.165) is 16.5 Å². The average molecular weight is 213 g/mol. The van der Waals surface area contributed by atoms with Crippen LogP contribution in [0.25, 0.3) is 22.4 Å². The third kappa shape index (κ3) is 1.30. The zero-order valence-corrected chi connectivity index (χ0v) is 8.18. The van der Waals surface area contributed by atoms with Crippen molar-refractivity contribution in [2.24, 2.45) is 0 Å². The summed E-state index contributed by atoms with van der Waals surface area (Å²) < 4.78 is 5.14. The lowest BCUT2D eigenvalue weighted by Gasteiger charge is -2.01. The minimum absolute atomic E-state index is 0.129. The van der Waals surface area contributed by atoms with Gasteiger partial charge in [-0.3, -0.25) is 4.79 Å². The van der Waals surface area contributed by atoms with Crippen LogP contribution in [-0.2, 0) is 0 Å². The van der Waals surface area contributed by atoms with E-state index in [9.17, 15) is 4.79 Å². The summed E-state index contributed by atoms with van der Waals surface area (Å²) in [6.07, 6.45) is 1.28. The van der Waals surface area contributed by atoms with Crippen molar-refractivity contribution in [3.8, 4) is 11.5 Å². The lowest BCUT2D eigenvalue weighted by molar-refractivity contribution is 0.569. The lowest BCUT2D eigenvalue weighted by Crippen LogP contribution is -2.02. The molecule has 5 nitrogen and oxygen atoms in total.